The summed E-state index contributed by atoms with van der Waals surface area (Å²) in [6.45, 7) is 0. The molecule has 0 radical (unpaired) electrons. The molecule has 146 valence electrons. The molecular formula is C24H18N4OS. The van der Waals surface area contributed by atoms with Crippen LogP contribution in [0.1, 0.15) is 5.82 Å². The molecule has 30 heavy (non-hydrogen) atoms. The average molecular weight is 411 g/mol. The summed E-state index contributed by atoms with van der Waals surface area (Å²) in [5, 5.41) is 2.29. The van der Waals surface area contributed by atoms with Gasteiger partial charge in [0, 0.05) is 18.0 Å². The Balaban J connectivity index is 1.55. The lowest BCUT2D eigenvalue weighted by molar-refractivity contribution is 0.725. The number of benzene rings is 3. The first-order valence-corrected chi connectivity index (χ1v) is 10.6. The molecule has 0 fully saturated rings. The average Bonchev–Trinajstić information content (AvgIpc) is 2.80. The van der Waals surface area contributed by atoms with Crippen molar-refractivity contribution < 1.29 is 0 Å². The summed E-state index contributed by atoms with van der Waals surface area (Å²) in [4.78, 5) is 26.9. The van der Waals surface area contributed by atoms with Gasteiger partial charge in [-0.2, -0.15) is 0 Å². The minimum absolute atomic E-state index is 0.0486. The van der Waals surface area contributed by atoms with Gasteiger partial charge in [-0.25, -0.2) is 15.0 Å². The second kappa shape index (κ2) is 7.72. The standard InChI is InChI=1S/C24H18N4OS/c1-28-23(29)18-12-6-8-14-20(18)26-24(28)30-15-21-25-19-13-7-5-11-17(19)22(27-21)16-9-3-2-4-10-16/h2-14H,15H2,1H3. The molecule has 0 aliphatic heterocycles. The number of nitrogens with zero attached hydrogens (tertiary/aromatic N) is 4. The van der Waals surface area contributed by atoms with Crippen LogP contribution >= 0.6 is 11.8 Å². The van der Waals surface area contributed by atoms with Crippen LogP contribution in [0.4, 0.5) is 0 Å². The van der Waals surface area contributed by atoms with E-state index in [9.17, 15) is 4.79 Å². The molecule has 0 saturated carbocycles. The van der Waals surface area contributed by atoms with Gasteiger partial charge in [-0.3, -0.25) is 9.36 Å². The number of rotatable bonds is 4. The van der Waals surface area contributed by atoms with Crippen molar-refractivity contribution in [3.63, 3.8) is 0 Å². The van der Waals surface area contributed by atoms with Crippen molar-refractivity contribution in [3.05, 3.63) is 95.0 Å². The summed E-state index contributed by atoms with van der Waals surface area (Å²) >= 11 is 1.47. The zero-order valence-electron chi connectivity index (χ0n) is 16.3. The third kappa shape index (κ3) is 3.35. The van der Waals surface area contributed by atoms with E-state index in [1.54, 1.807) is 17.7 Å². The Morgan fingerprint density at radius 3 is 2.17 bits per heavy atom. The lowest BCUT2D eigenvalue weighted by Crippen LogP contribution is -2.20. The maximum atomic E-state index is 12.7. The van der Waals surface area contributed by atoms with Crippen molar-refractivity contribution in [2.45, 2.75) is 10.9 Å². The Labute approximate surface area is 177 Å². The highest BCUT2D eigenvalue weighted by Crippen LogP contribution is 2.28. The zero-order valence-corrected chi connectivity index (χ0v) is 17.1. The van der Waals surface area contributed by atoms with Crippen LogP contribution in [0, 0.1) is 0 Å². The van der Waals surface area contributed by atoms with E-state index in [-0.39, 0.29) is 5.56 Å². The van der Waals surface area contributed by atoms with Crippen LogP contribution in [0.15, 0.2) is 88.8 Å². The summed E-state index contributed by atoms with van der Waals surface area (Å²) in [6, 6.07) is 25.6. The highest BCUT2D eigenvalue weighted by atomic mass is 32.2. The first-order chi connectivity index (χ1) is 14.7. The molecule has 0 atom stereocenters. The Morgan fingerprint density at radius 2 is 1.40 bits per heavy atom. The maximum Gasteiger partial charge on any atom is 0.261 e. The first-order valence-electron chi connectivity index (χ1n) is 9.60. The molecule has 0 amide bonds. The topological polar surface area (TPSA) is 60.7 Å². The van der Waals surface area contributed by atoms with Crippen LogP contribution in [-0.4, -0.2) is 19.5 Å². The highest BCUT2D eigenvalue weighted by Gasteiger charge is 2.12. The Bertz CT molecular complexity index is 1430. The normalized spacial score (nSPS) is 11.2. The van der Waals surface area contributed by atoms with Gasteiger partial charge >= 0.3 is 0 Å². The summed E-state index contributed by atoms with van der Waals surface area (Å²) in [5.41, 5.74) is 3.53. The Morgan fingerprint density at radius 1 is 0.767 bits per heavy atom. The number of fused-ring (bicyclic) bond motifs is 2. The lowest BCUT2D eigenvalue weighted by atomic mass is 10.1. The van der Waals surface area contributed by atoms with E-state index >= 15 is 0 Å². The molecular weight excluding hydrogens is 392 g/mol. The fourth-order valence-electron chi connectivity index (χ4n) is 3.46. The van der Waals surface area contributed by atoms with E-state index in [0.717, 1.165) is 22.2 Å². The van der Waals surface area contributed by atoms with E-state index in [4.69, 9.17) is 9.97 Å². The van der Waals surface area contributed by atoms with Crippen LogP contribution in [0.25, 0.3) is 33.1 Å². The summed E-state index contributed by atoms with van der Waals surface area (Å²) in [5.74, 6) is 1.23. The largest absolute Gasteiger partial charge is 0.290 e. The molecule has 5 nitrogen and oxygen atoms in total. The van der Waals surface area contributed by atoms with Crippen molar-refractivity contribution in [2.75, 3.05) is 0 Å². The molecule has 0 spiro atoms. The fourth-order valence-corrected chi connectivity index (χ4v) is 4.29. The summed E-state index contributed by atoms with van der Waals surface area (Å²) in [6.07, 6.45) is 0. The highest BCUT2D eigenvalue weighted by molar-refractivity contribution is 7.98. The molecule has 5 rings (SSSR count). The molecule has 0 N–H and O–H groups in total. The third-order valence-corrected chi connectivity index (χ3v) is 6.00. The van der Waals surface area contributed by atoms with E-state index in [1.165, 1.54) is 11.8 Å². The number of hydrogen-bond donors (Lipinski definition) is 0. The molecule has 2 aromatic heterocycles. The lowest BCUT2D eigenvalue weighted by Gasteiger charge is -2.10. The van der Waals surface area contributed by atoms with Crippen LogP contribution in [0.3, 0.4) is 0 Å². The van der Waals surface area contributed by atoms with Gasteiger partial charge in [0.05, 0.1) is 27.9 Å². The first kappa shape index (κ1) is 18.5. The van der Waals surface area contributed by atoms with Crippen molar-refractivity contribution in [1.82, 2.24) is 19.5 Å². The third-order valence-electron chi connectivity index (χ3n) is 4.97. The van der Waals surface area contributed by atoms with Crippen molar-refractivity contribution in [3.8, 4) is 11.3 Å². The predicted octanol–water partition coefficient (Wildman–Crippen LogP) is 4.84. The molecule has 0 unspecified atom stereocenters. The molecule has 0 saturated heterocycles. The Kier molecular flexibility index (Phi) is 4.77. The van der Waals surface area contributed by atoms with E-state index < -0.39 is 0 Å². The molecule has 0 bridgehead atoms. The predicted molar refractivity (Wildman–Crippen MR) is 122 cm³/mol. The van der Waals surface area contributed by atoms with Gasteiger partial charge < -0.3 is 0 Å². The quantitative estimate of drug-likeness (QED) is 0.314. The summed E-state index contributed by atoms with van der Waals surface area (Å²) in [7, 11) is 1.75. The van der Waals surface area contributed by atoms with E-state index in [2.05, 4.69) is 17.1 Å². The fraction of sp³-hybridized carbons (Fsp3) is 0.0833. The number of hydrogen-bond acceptors (Lipinski definition) is 5. The second-order valence-corrected chi connectivity index (χ2v) is 7.88. The van der Waals surface area contributed by atoms with Crippen LogP contribution in [-0.2, 0) is 12.8 Å². The molecule has 0 aliphatic rings. The van der Waals surface area contributed by atoms with Crippen LogP contribution in [0.5, 0.6) is 0 Å². The monoisotopic (exact) mass is 410 g/mol. The van der Waals surface area contributed by atoms with Gasteiger partial charge in [0.15, 0.2) is 5.16 Å². The van der Waals surface area contributed by atoms with Gasteiger partial charge in [0.1, 0.15) is 5.82 Å². The minimum atomic E-state index is -0.0486. The van der Waals surface area contributed by atoms with Crippen molar-refractivity contribution in [1.29, 1.82) is 0 Å². The summed E-state index contributed by atoms with van der Waals surface area (Å²) < 4.78 is 1.59. The van der Waals surface area contributed by atoms with Gasteiger partial charge in [0.2, 0.25) is 0 Å². The number of aromatic nitrogens is 4. The van der Waals surface area contributed by atoms with Gasteiger partial charge in [-0.05, 0) is 18.2 Å². The SMILES string of the molecule is Cn1c(SCc2nc(-c3ccccc3)c3ccccc3n2)nc2ccccc2c1=O. The molecule has 5 aromatic rings. The minimum Gasteiger partial charge on any atom is -0.290 e. The smallest absolute Gasteiger partial charge is 0.261 e. The molecule has 2 heterocycles. The number of thioether (sulfide) groups is 1. The van der Waals surface area contributed by atoms with Gasteiger partial charge in [-0.1, -0.05) is 72.4 Å². The molecule has 3 aromatic carbocycles. The van der Waals surface area contributed by atoms with E-state index in [0.29, 0.717) is 27.6 Å². The van der Waals surface area contributed by atoms with E-state index in [1.807, 2.05) is 60.7 Å². The Hall–Kier alpha value is -3.51. The molecule has 0 aliphatic carbocycles. The van der Waals surface area contributed by atoms with Crippen LogP contribution in [0.2, 0.25) is 0 Å². The maximum absolute atomic E-state index is 12.7. The van der Waals surface area contributed by atoms with Crippen LogP contribution < -0.4 is 5.56 Å². The van der Waals surface area contributed by atoms with Gasteiger partial charge in [-0.15, -0.1) is 0 Å². The van der Waals surface area contributed by atoms with Gasteiger partial charge in [0.25, 0.3) is 5.56 Å². The van der Waals surface area contributed by atoms with Crippen molar-refractivity contribution >= 4 is 33.6 Å². The number of para-hydroxylation sites is 2. The molecule has 6 heteroatoms. The zero-order chi connectivity index (χ0) is 20.5. The van der Waals surface area contributed by atoms with Crippen molar-refractivity contribution in [2.24, 2.45) is 7.05 Å². The second-order valence-electron chi connectivity index (χ2n) is 6.94.